The lowest BCUT2D eigenvalue weighted by molar-refractivity contribution is -0.274. The van der Waals surface area contributed by atoms with Gasteiger partial charge >= 0.3 is 6.36 Å². The molecule has 0 spiro atoms. The van der Waals surface area contributed by atoms with Gasteiger partial charge in [-0.1, -0.05) is 42.5 Å². The number of halogens is 5. The Morgan fingerprint density at radius 2 is 1.44 bits per heavy atom. The van der Waals surface area contributed by atoms with Crippen LogP contribution in [-0.4, -0.2) is 18.4 Å². The molecule has 0 aromatic heterocycles. The Hall–Kier alpha value is -3.42. The van der Waals surface area contributed by atoms with Crippen LogP contribution in [0.4, 0.5) is 22.0 Å². The fourth-order valence-corrected chi connectivity index (χ4v) is 4.73. The third-order valence-corrected chi connectivity index (χ3v) is 6.28. The first-order valence-electron chi connectivity index (χ1n) is 10.9. The molecule has 8 heteroatoms. The van der Waals surface area contributed by atoms with Crippen molar-refractivity contribution >= 4 is 5.90 Å². The number of hydrogen-bond donors (Lipinski definition) is 0. The van der Waals surface area contributed by atoms with E-state index < -0.39 is 18.0 Å². The lowest BCUT2D eigenvalue weighted by Crippen LogP contribution is -2.33. The van der Waals surface area contributed by atoms with Gasteiger partial charge < -0.3 is 9.47 Å². The summed E-state index contributed by atoms with van der Waals surface area (Å²) in [5.74, 6) is -1.65. The van der Waals surface area contributed by atoms with Crippen molar-refractivity contribution in [3.05, 3.63) is 89.5 Å². The fourth-order valence-electron chi connectivity index (χ4n) is 4.73. The highest BCUT2D eigenvalue weighted by Gasteiger charge is 2.41. The number of fused-ring (bicyclic) bond motifs is 1. The normalized spacial score (nSPS) is 22.0. The summed E-state index contributed by atoms with van der Waals surface area (Å²) in [5.41, 5.74) is 2.16. The van der Waals surface area contributed by atoms with E-state index in [1.807, 2.05) is 24.3 Å². The first-order chi connectivity index (χ1) is 16.3. The molecule has 1 heterocycles. The molecule has 3 aromatic rings. The molecule has 2 aliphatic rings. The summed E-state index contributed by atoms with van der Waals surface area (Å²) in [6, 6.07) is 16.5. The molecular formula is C26H20F5NO2. The molecule has 0 saturated heterocycles. The van der Waals surface area contributed by atoms with Gasteiger partial charge in [0.1, 0.15) is 29.1 Å². The molecule has 34 heavy (non-hydrogen) atoms. The van der Waals surface area contributed by atoms with Crippen molar-refractivity contribution in [1.82, 2.24) is 0 Å². The lowest BCUT2D eigenvalue weighted by atomic mass is 9.88. The van der Waals surface area contributed by atoms with Gasteiger partial charge in [0.05, 0.1) is 6.04 Å². The Kier molecular flexibility index (Phi) is 5.75. The van der Waals surface area contributed by atoms with E-state index in [0.29, 0.717) is 0 Å². The number of hydrogen-bond acceptors (Lipinski definition) is 3. The van der Waals surface area contributed by atoms with E-state index in [-0.39, 0.29) is 35.3 Å². The van der Waals surface area contributed by atoms with Gasteiger partial charge in [-0.25, -0.2) is 13.8 Å². The topological polar surface area (TPSA) is 30.8 Å². The van der Waals surface area contributed by atoms with Gasteiger partial charge in [0.2, 0.25) is 5.90 Å². The average Bonchev–Trinajstić information content (AvgIpc) is 3.27. The van der Waals surface area contributed by atoms with Gasteiger partial charge in [-0.05, 0) is 60.2 Å². The number of aliphatic imine (C=N–C) groups is 1. The van der Waals surface area contributed by atoms with Crippen LogP contribution in [0.15, 0.2) is 71.7 Å². The molecule has 0 radical (unpaired) electrons. The number of nitrogens with zero attached hydrogens (tertiary/aromatic N) is 1. The van der Waals surface area contributed by atoms with Crippen LogP contribution in [-0.2, 0) is 4.74 Å². The molecule has 1 aliphatic heterocycles. The summed E-state index contributed by atoms with van der Waals surface area (Å²) < 4.78 is 75.8. The Labute approximate surface area is 192 Å². The van der Waals surface area contributed by atoms with Crippen LogP contribution < -0.4 is 4.74 Å². The number of alkyl halides is 3. The van der Waals surface area contributed by atoms with Crippen molar-refractivity contribution in [3.8, 4) is 16.9 Å². The first-order valence-corrected chi connectivity index (χ1v) is 10.9. The summed E-state index contributed by atoms with van der Waals surface area (Å²) in [5, 5.41) is 0. The molecule has 0 N–H and O–H groups in total. The summed E-state index contributed by atoms with van der Waals surface area (Å²) in [6.07, 6.45) is -2.28. The quantitative estimate of drug-likeness (QED) is 0.375. The lowest BCUT2D eigenvalue weighted by Gasteiger charge is -2.33. The molecule has 3 nitrogen and oxygen atoms in total. The van der Waals surface area contributed by atoms with Gasteiger partial charge in [-0.3, -0.25) is 0 Å². The van der Waals surface area contributed by atoms with Crippen LogP contribution >= 0.6 is 0 Å². The van der Waals surface area contributed by atoms with Crippen molar-refractivity contribution in [3.63, 3.8) is 0 Å². The third kappa shape index (κ3) is 4.49. The van der Waals surface area contributed by atoms with Gasteiger partial charge in [-0.15, -0.1) is 13.2 Å². The van der Waals surface area contributed by atoms with E-state index in [0.717, 1.165) is 36.0 Å². The van der Waals surface area contributed by atoms with Crippen molar-refractivity contribution in [2.45, 2.75) is 37.8 Å². The molecule has 3 atom stereocenters. The zero-order chi connectivity index (χ0) is 23.9. The summed E-state index contributed by atoms with van der Waals surface area (Å²) >= 11 is 0. The van der Waals surface area contributed by atoms with Crippen LogP contribution in [0.2, 0.25) is 0 Å². The van der Waals surface area contributed by atoms with Crippen LogP contribution in [0.1, 0.15) is 36.4 Å². The highest BCUT2D eigenvalue weighted by molar-refractivity contribution is 5.95. The van der Waals surface area contributed by atoms with Gasteiger partial charge in [0.15, 0.2) is 0 Å². The highest BCUT2D eigenvalue weighted by Crippen LogP contribution is 2.44. The molecule has 0 bridgehead atoms. The zero-order valence-electron chi connectivity index (χ0n) is 17.9. The first kappa shape index (κ1) is 22.4. The Bertz CT molecular complexity index is 1190. The Morgan fingerprint density at radius 3 is 2.06 bits per heavy atom. The summed E-state index contributed by atoms with van der Waals surface area (Å²) in [6.45, 7) is 0. The standard InChI is InChI=1S/C26H20F5NO2/c27-20-4-2-5-21(28)23(20)25-32-24(19-3-1-6-22(19)33-25)17-9-7-15(8-10-17)16-11-13-18(14-12-16)34-26(29,30)31/h2,4-5,7-14,19,22,24H,1,3,6H2/t19-,22+,24+/m0/s1. The minimum atomic E-state index is -4.74. The number of benzene rings is 3. The van der Waals surface area contributed by atoms with Crippen LogP contribution in [0.3, 0.4) is 0 Å². The molecule has 3 aromatic carbocycles. The van der Waals surface area contributed by atoms with E-state index in [1.54, 1.807) is 12.1 Å². The van der Waals surface area contributed by atoms with E-state index >= 15 is 0 Å². The second kappa shape index (κ2) is 8.74. The molecular weight excluding hydrogens is 453 g/mol. The number of rotatable bonds is 4. The SMILES string of the molecule is Fc1cccc(F)c1C1=N[C@H](c2ccc(-c3ccc(OC(F)(F)F)cc3)cc2)[C@H]2CCC[C@H]2O1. The average molecular weight is 473 g/mol. The second-order valence-electron chi connectivity index (χ2n) is 8.42. The van der Waals surface area contributed by atoms with E-state index in [4.69, 9.17) is 4.74 Å². The van der Waals surface area contributed by atoms with Crippen LogP contribution in [0, 0.1) is 17.6 Å². The van der Waals surface area contributed by atoms with Gasteiger partial charge in [-0.2, -0.15) is 0 Å². The Morgan fingerprint density at radius 1 is 0.824 bits per heavy atom. The fraction of sp³-hybridized carbons (Fsp3) is 0.269. The van der Waals surface area contributed by atoms with Crippen molar-refractivity contribution in [1.29, 1.82) is 0 Å². The summed E-state index contributed by atoms with van der Waals surface area (Å²) in [7, 11) is 0. The molecule has 1 aliphatic carbocycles. The maximum atomic E-state index is 14.4. The highest BCUT2D eigenvalue weighted by atomic mass is 19.4. The van der Waals surface area contributed by atoms with E-state index in [1.165, 1.54) is 30.3 Å². The minimum Gasteiger partial charge on any atom is -0.474 e. The maximum Gasteiger partial charge on any atom is 0.573 e. The van der Waals surface area contributed by atoms with Gasteiger partial charge in [0, 0.05) is 5.92 Å². The molecule has 0 unspecified atom stereocenters. The van der Waals surface area contributed by atoms with Crippen molar-refractivity contribution in [2.75, 3.05) is 0 Å². The maximum absolute atomic E-state index is 14.4. The monoisotopic (exact) mass is 473 g/mol. The van der Waals surface area contributed by atoms with Gasteiger partial charge in [0.25, 0.3) is 0 Å². The van der Waals surface area contributed by atoms with Crippen molar-refractivity contribution in [2.24, 2.45) is 10.9 Å². The van der Waals surface area contributed by atoms with Crippen molar-refractivity contribution < 1.29 is 31.4 Å². The minimum absolute atomic E-state index is 0.0203. The van der Waals surface area contributed by atoms with E-state index in [2.05, 4.69) is 9.73 Å². The molecule has 0 amide bonds. The molecule has 1 saturated carbocycles. The predicted octanol–water partition coefficient (Wildman–Crippen LogP) is 7.22. The van der Waals surface area contributed by atoms with E-state index in [9.17, 15) is 22.0 Å². The predicted molar refractivity (Wildman–Crippen MR) is 116 cm³/mol. The largest absolute Gasteiger partial charge is 0.573 e. The smallest absolute Gasteiger partial charge is 0.474 e. The molecule has 1 fully saturated rings. The Balaban J connectivity index is 1.43. The molecule has 176 valence electrons. The zero-order valence-corrected chi connectivity index (χ0v) is 17.9. The van der Waals surface area contributed by atoms with Crippen LogP contribution in [0.5, 0.6) is 5.75 Å². The third-order valence-electron chi connectivity index (χ3n) is 6.28. The summed E-state index contributed by atoms with van der Waals surface area (Å²) in [4.78, 5) is 4.63. The molecule has 5 rings (SSSR count). The number of ether oxygens (including phenoxy) is 2. The second-order valence-corrected chi connectivity index (χ2v) is 8.42. The van der Waals surface area contributed by atoms with Crippen LogP contribution in [0.25, 0.3) is 11.1 Å².